The fourth-order valence-corrected chi connectivity index (χ4v) is 2.64. The molecule has 0 spiro atoms. The van der Waals surface area contributed by atoms with E-state index in [1.165, 1.54) is 0 Å². The molecule has 0 aliphatic heterocycles. The second-order valence-corrected chi connectivity index (χ2v) is 5.47. The number of benzene rings is 2. The number of nitrogens with one attached hydrogen (secondary N) is 1. The van der Waals surface area contributed by atoms with E-state index in [0.717, 1.165) is 16.5 Å². The number of rotatable bonds is 2. The summed E-state index contributed by atoms with van der Waals surface area (Å²) in [7, 11) is 0. The van der Waals surface area contributed by atoms with E-state index in [1.54, 1.807) is 24.4 Å². The third-order valence-electron chi connectivity index (χ3n) is 3.32. The van der Waals surface area contributed by atoms with E-state index in [9.17, 15) is 4.79 Å². The van der Waals surface area contributed by atoms with E-state index in [0.29, 0.717) is 21.2 Å². The van der Waals surface area contributed by atoms with Crippen molar-refractivity contribution in [3.63, 3.8) is 0 Å². The highest BCUT2D eigenvalue weighted by Crippen LogP contribution is 2.27. The fourth-order valence-electron chi connectivity index (χ4n) is 2.25. The number of aromatic nitrogens is 1. The van der Waals surface area contributed by atoms with Crippen molar-refractivity contribution in [2.24, 2.45) is 0 Å². The number of H-pyrrole nitrogens is 1. The summed E-state index contributed by atoms with van der Waals surface area (Å²) >= 11 is 12.2. The Labute approximate surface area is 126 Å². The van der Waals surface area contributed by atoms with Crippen molar-refractivity contribution in [3.05, 3.63) is 69.3 Å². The Balaban J connectivity index is 2.16. The summed E-state index contributed by atoms with van der Waals surface area (Å²) in [6.07, 6.45) is 1.70. The van der Waals surface area contributed by atoms with Crippen molar-refractivity contribution in [1.82, 2.24) is 4.98 Å². The van der Waals surface area contributed by atoms with Gasteiger partial charge in [0.25, 0.3) is 0 Å². The largest absolute Gasteiger partial charge is 0.360 e. The van der Waals surface area contributed by atoms with E-state index in [-0.39, 0.29) is 5.78 Å². The zero-order valence-electron chi connectivity index (χ0n) is 10.7. The van der Waals surface area contributed by atoms with Gasteiger partial charge in [-0.1, -0.05) is 41.4 Å². The van der Waals surface area contributed by atoms with Crippen molar-refractivity contribution in [2.75, 3.05) is 0 Å². The number of halogens is 2. The lowest BCUT2D eigenvalue weighted by molar-refractivity contribution is 0.104. The highest BCUT2D eigenvalue weighted by Gasteiger charge is 2.17. The lowest BCUT2D eigenvalue weighted by Crippen LogP contribution is -2.02. The van der Waals surface area contributed by atoms with E-state index in [1.807, 2.05) is 25.1 Å². The van der Waals surface area contributed by atoms with Gasteiger partial charge in [0, 0.05) is 33.2 Å². The van der Waals surface area contributed by atoms with Crippen LogP contribution < -0.4 is 0 Å². The van der Waals surface area contributed by atoms with Gasteiger partial charge in [0.15, 0.2) is 5.78 Å². The van der Waals surface area contributed by atoms with Crippen LogP contribution in [0, 0.1) is 6.92 Å². The molecule has 1 heterocycles. The van der Waals surface area contributed by atoms with Crippen LogP contribution in [0.25, 0.3) is 10.9 Å². The minimum absolute atomic E-state index is 0.0905. The van der Waals surface area contributed by atoms with Gasteiger partial charge in [-0.3, -0.25) is 4.79 Å². The smallest absolute Gasteiger partial charge is 0.196 e. The Hall–Kier alpha value is -1.77. The maximum absolute atomic E-state index is 12.6. The SMILES string of the molecule is Cc1cccc(C(=O)c2c[nH]c3cc(Cl)ccc23)c1Cl. The topological polar surface area (TPSA) is 32.9 Å². The molecule has 0 saturated heterocycles. The van der Waals surface area contributed by atoms with E-state index in [2.05, 4.69) is 4.98 Å². The van der Waals surface area contributed by atoms with Crippen LogP contribution in [0.2, 0.25) is 10.0 Å². The first kappa shape index (κ1) is 13.2. The van der Waals surface area contributed by atoms with E-state index >= 15 is 0 Å². The van der Waals surface area contributed by atoms with Gasteiger partial charge >= 0.3 is 0 Å². The molecular formula is C16H11Cl2NO. The highest BCUT2D eigenvalue weighted by atomic mass is 35.5. The summed E-state index contributed by atoms with van der Waals surface area (Å²) in [6.45, 7) is 1.88. The minimum Gasteiger partial charge on any atom is -0.360 e. The molecule has 3 rings (SSSR count). The van der Waals surface area contributed by atoms with Crippen LogP contribution in [0.15, 0.2) is 42.6 Å². The van der Waals surface area contributed by atoms with Crippen LogP contribution in [0.3, 0.4) is 0 Å². The number of fused-ring (bicyclic) bond motifs is 1. The van der Waals surface area contributed by atoms with Crippen LogP contribution in [0.4, 0.5) is 0 Å². The fraction of sp³-hybridized carbons (Fsp3) is 0.0625. The van der Waals surface area contributed by atoms with Gasteiger partial charge < -0.3 is 4.98 Å². The number of carbonyl (C=O) groups is 1. The first-order valence-electron chi connectivity index (χ1n) is 6.14. The third kappa shape index (κ3) is 2.11. The summed E-state index contributed by atoms with van der Waals surface area (Å²) in [6, 6.07) is 10.9. The molecule has 0 aliphatic carbocycles. The first-order valence-corrected chi connectivity index (χ1v) is 6.90. The molecule has 1 N–H and O–H groups in total. The van der Waals surface area contributed by atoms with Gasteiger partial charge in [0.05, 0.1) is 5.02 Å². The molecule has 2 aromatic carbocycles. The summed E-state index contributed by atoms with van der Waals surface area (Å²) < 4.78 is 0. The molecular weight excluding hydrogens is 293 g/mol. The molecule has 3 aromatic rings. The highest BCUT2D eigenvalue weighted by molar-refractivity contribution is 6.36. The molecule has 0 amide bonds. The molecule has 0 bridgehead atoms. The Bertz CT molecular complexity index is 820. The van der Waals surface area contributed by atoms with Crippen molar-refractivity contribution in [2.45, 2.75) is 6.92 Å². The summed E-state index contributed by atoms with van der Waals surface area (Å²) in [5.74, 6) is -0.0905. The zero-order chi connectivity index (χ0) is 14.3. The van der Waals surface area contributed by atoms with Gasteiger partial charge in [-0.15, -0.1) is 0 Å². The van der Waals surface area contributed by atoms with Gasteiger partial charge in [-0.25, -0.2) is 0 Å². The first-order chi connectivity index (χ1) is 9.58. The minimum atomic E-state index is -0.0905. The molecule has 2 nitrogen and oxygen atoms in total. The Kier molecular flexibility index (Phi) is 3.28. The van der Waals surface area contributed by atoms with Crippen LogP contribution in [0.5, 0.6) is 0 Å². The lowest BCUT2D eigenvalue weighted by Gasteiger charge is -2.05. The molecule has 0 saturated carbocycles. The van der Waals surface area contributed by atoms with E-state index in [4.69, 9.17) is 23.2 Å². The Morgan fingerprint density at radius 3 is 2.70 bits per heavy atom. The average molecular weight is 304 g/mol. The predicted octanol–water partition coefficient (Wildman–Crippen LogP) is 5.01. The summed E-state index contributed by atoms with van der Waals surface area (Å²) in [5.41, 5.74) is 2.84. The quantitative estimate of drug-likeness (QED) is 0.663. The summed E-state index contributed by atoms with van der Waals surface area (Å²) in [5, 5.41) is 1.98. The molecule has 20 heavy (non-hydrogen) atoms. The van der Waals surface area contributed by atoms with E-state index < -0.39 is 0 Å². The molecule has 0 aliphatic rings. The molecule has 4 heteroatoms. The molecule has 0 unspecified atom stereocenters. The number of aromatic amines is 1. The van der Waals surface area contributed by atoms with Crippen LogP contribution in [-0.4, -0.2) is 10.8 Å². The number of ketones is 1. The molecule has 100 valence electrons. The average Bonchev–Trinajstić information content (AvgIpc) is 2.84. The molecule has 0 radical (unpaired) electrons. The summed E-state index contributed by atoms with van der Waals surface area (Å²) in [4.78, 5) is 15.7. The second kappa shape index (κ2) is 4.97. The molecule has 1 aromatic heterocycles. The predicted molar refractivity (Wildman–Crippen MR) is 82.9 cm³/mol. The molecule has 0 fully saturated rings. The van der Waals surface area contributed by atoms with Gasteiger partial charge in [-0.2, -0.15) is 0 Å². The van der Waals surface area contributed by atoms with Crippen LogP contribution in [0.1, 0.15) is 21.5 Å². The number of aryl methyl sites for hydroxylation is 1. The van der Waals surface area contributed by atoms with Crippen LogP contribution in [-0.2, 0) is 0 Å². The van der Waals surface area contributed by atoms with Crippen molar-refractivity contribution < 1.29 is 4.79 Å². The van der Waals surface area contributed by atoms with Crippen molar-refractivity contribution in [1.29, 1.82) is 0 Å². The standard InChI is InChI=1S/C16H11Cl2NO/c1-9-3-2-4-12(15(9)18)16(20)13-8-19-14-7-10(17)5-6-11(13)14/h2-8,19H,1H3. The number of carbonyl (C=O) groups excluding carboxylic acids is 1. The van der Waals surface area contributed by atoms with Crippen LogP contribution >= 0.6 is 23.2 Å². The van der Waals surface area contributed by atoms with Crippen molar-refractivity contribution in [3.8, 4) is 0 Å². The number of hydrogen-bond donors (Lipinski definition) is 1. The molecule has 0 atom stereocenters. The second-order valence-electron chi connectivity index (χ2n) is 4.66. The Morgan fingerprint density at radius 1 is 1.10 bits per heavy atom. The van der Waals surface area contributed by atoms with Crippen molar-refractivity contribution >= 4 is 39.9 Å². The normalized spacial score (nSPS) is 10.9. The lowest BCUT2D eigenvalue weighted by atomic mass is 10.0. The van der Waals surface area contributed by atoms with Gasteiger partial charge in [0.2, 0.25) is 0 Å². The third-order valence-corrected chi connectivity index (χ3v) is 4.06. The zero-order valence-corrected chi connectivity index (χ0v) is 12.2. The monoisotopic (exact) mass is 303 g/mol. The Morgan fingerprint density at radius 2 is 1.90 bits per heavy atom. The maximum Gasteiger partial charge on any atom is 0.196 e. The van der Waals surface area contributed by atoms with Gasteiger partial charge in [-0.05, 0) is 30.7 Å². The maximum atomic E-state index is 12.6. The van der Waals surface area contributed by atoms with Gasteiger partial charge in [0.1, 0.15) is 0 Å². The number of hydrogen-bond acceptors (Lipinski definition) is 1.